The maximum atomic E-state index is 11.2. The highest BCUT2D eigenvalue weighted by Crippen LogP contribution is 2.07. The largest absolute Gasteiger partial charge is 0.485 e. The van der Waals surface area contributed by atoms with Gasteiger partial charge in [0, 0.05) is 0 Å². The summed E-state index contributed by atoms with van der Waals surface area (Å²) >= 11 is 0. The van der Waals surface area contributed by atoms with Crippen molar-refractivity contribution in [2.24, 2.45) is 0 Å². The zero-order valence-corrected chi connectivity index (χ0v) is 8.27. The van der Waals surface area contributed by atoms with Crippen LogP contribution in [0.5, 0.6) is 5.75 Å². The van der Waals surface area contributed by atoms with Crippen LogP contribution < -0.4 is 4.74 Å². The molecule has 0 amide bonds. The van der Waals surface area contributed by atoms with E-state index in [-0.39, 0.29) is 12.4 Å². The summed E-state index contributed by atoms with van der Waals surface area (Å²) in [7, 11) is 0. The van der Waals surface area contributed by atoms with E-state index in [9.17, 15) is 4.79 Å². The number of allylic oxidation sites excluding steroid dienone is 1. The Labute approximate surface area is 84.2 Å². The predicted octanol–water partition coefficient (Wildman–Crippen LogP) is 2.60. The van der Waals surface area contributed by atoms with E-state index < -0.39 is 0 Å². The van der Waals surface area contributed by atoms with Gasteiger partial charge in [-0.3, -0.25) is 4.79 Å². The molecule has 2 nitrogen and oxygen atoms in total. The molecule has 14 heavy (non-hydrogen) atoms. The third-order valence-electron chi connectivity index (χ3n) is 1.66. The van der Waals surface area contributed by atoms with Gasteiger partial charge in [0.25, 0.3) is 0 Å². The second kappa shape index (κ2) is 5.97. The van der Waals surface area contributed by atoms with Crippen molar-refractivity contribution >= 4 is 5.78 Å². The van der Waals surface area contributed by atoms with Gasteiger partial charge >= 0.3 is 0 Å². The average Bonchev–Trinajstić information content (AvgIpc) is 2.25. The number of carbonyl (C=O) groups excluding carboxylic acids is 1. The maximum absolute atomic E-state index is 11.2. The summed E-state index contributed by atoms with van der Waals surface area (Å²) < 4.78 is 5.26. The van der Waals surface area contributed by atoms with Gasteiger partial charge < -0.3 is 4.74 Å². The second-order valence-electron chi connectivity index (χ2n) is 2.88. The van der Waals surface area contributed by atoms with Crippen molar-refractivity contribution in [3.05, 3.63) is 42.5 Å². The van der Waals surface area contributed by atoms with Crippen LogP contribution in [0.1, 0.15) is 13.3 Å². The first-order valence-corrected chi connectivity index (χ1v) is 4.70. The van der Waals surface area contributed by atoms with Crippen LogP contribution in [0.25, 0.3) is 0 Å². The van der Waals surface area contributed by atoms with Gasteiger partial charge in [-0.2, -0.15) is 0 Å². The number of hydrogen-bond acceptors (Lipinski definition) is 2. The van der Waals surface area contributed by atoms with Gasteiger partial charge in [-0.05, 0) is 24.6 Å². The van der Waals surface area contributed by atoms with E-state index >= 15 is 0 Å². The molecule has 0 aliphatic rings. The lowest BCUT2D eigenvalue weighted by Crippen LogP contribution is -2.07. The fourth-order valence-electron chi connectivity index (χ4n) is 0.969. The van der Waals surface area contributed by atoms with Crippen molar-refractivity contribution in [1.82, 2.24) is 0 Å². The third kappa shape index (κ3) is 3.90. The van der Waals surface area contributed by atoms with E-state index in [1.165, 1.54) is 0 Å². The minimum Gasteiger partial charge on any atom is -0.485 e. The fraction of sp³-hybridized carbons (Fsp3) is 0.250. The summed E-state index contributed by atoms with van der Waals surface area (Å²) in [5.41, 5.74) is 0. The van der Waals surface area contributed by atoms with Crippen molar-refractivity contribution in [2.75, 3.05) is 6.61 Å². The predicted molar refractivity (Wildman–Crippen MR) is 56.4 cm³/mol. The number of ketones is 1. The number of para-hydroxylation sites is 1. The van der Waals surface area contributed by atoms with Gasteiger partial charge in [-0.15, -0.1) is 0 Å². The van der Waals surface area contributed by atoms with E-state index in [1.807, 2.05) is 43.3 Å². The quantitative estimate of drug-likeness (QED) is 0.667. The van der Waals surface area contributed by atoms with Crippen molar-refractivity contribution < 1.29 is 9.53 Å². The molecule has 0 N–H and O–H groups in total. The van der Waals surface area contributed by atoms with E-state index in [0.717, 1.165) is 12.2 Å². The number of benzene rings is 1. The smallest absolute Gasteiger partial charge is 0.192 e. The van der Waals surface area contributed by atoms with E-state index in [2.05, 4.69) is 0 Å². The first-order valence-electron chi connectivity index (χ1n) is 4.70. The molecule has 0 saturated heterocycles. The number of carbonyl (C=O) groups is 1. The summed E-state index contributed by atoms with van der Waals surface area (Å²) in [5, 5.41) is 0. The monoisotopic (exact) mass is 190 g/mol. The maximum Gasteiger partial charge on any atom is 0.192 e. The fourth-order valence-corrected chi connectivity index (χ4v) is 0.969. The molecule has 1 aromatic carbocycles. The zero-order valence-electron chi connectivity index (χ0n) is 8.27. The molecule has 0 atom stereocenters. The van der Waals surface area contributed by atoms with Crippen LogP contribution in [0.15, 0.2) is 42.5 Å². The molecule has 74 valence electrons. The highest BCUT2D eigenvalue weighted by molar-refractivity contribution is 5.90. The number of ether oxygens (including phenoxy) is 1. The van der Waals surface area contributed by atoms with Crippen LogP contribution in [-0.2, 0) is 4.79 Å². The molecule has 0 spiro atoms. The van der Waals surface area contributed by atoms with Gasteiger partial charge in [-0.1, -0.05) is 31.2 Å². The van der Waals surface area contributed by atoms with Crippen LogP contribution in [0.3, 0.4) is 0 Å². The Morgan fingerprint density at radius 2 is 2.07 bits per heavy atom. The molecule has 0 aliphatic heterocycles. The SMILES string of the molecule is CC/C=C/C(=O)COc1ccccc1. The molecular weight excluding hydrogens is 176 g/mol. The molecule has 1 aromatic rings. The molecule has 2 heteroatoms. The van der Waals surface area contributed by atoms with Gasteiger partial charge in [-0.25, -0.2) is 0 Å². The molecule has 0 saturated carbocycles. The Hall–Kier alpha value is -1.57. The average molecular weight is 190 g/mol. The third-order valence-corrected chi connectivity index (χ3v) is 1.66. The Morgan fingerprint density at radius 3 is 2.71 bits per heavy atom. The topological polar surface area (TPSA) is 26.3 Å². The van der Waals surface area contributed by atoms with Gasteiger partial charge in [0.2, 0.25) is 0 Å². The molecule has 0 heterocycles. The highest BCUT2D eigenvalue weighted by Gasteiger charge is 1.97. The Kier molecular flexibility index (Phi) is 4.48. The van der Waals surface area contributed by atoms with Crippen molar-refractivity contribution in [1.29, 1.82) is 0 Å². The lowest BCUT2D eigenvalue weighted by Gasteiger charge is -2.01. The summed E-state index contributed by atoms with van der Waals surface area (Å²) in [5.74, 6) is 0.724. The first-order chi connectivity index (χ1) is 6.83. The van der Waals surface area contributed by atoms with Crippen LogP contribution in [0.2, 0.25) is 0 Å². The van der Waals surface area contributed by atoms with Gasteiger partial charge in [0.15, 0.2) is 12.4 Å². The highest BCUT2D eigenvalue weighted by atomic mass is 16.5. The lowest BCUT2D eigenvalue weighted by atomic mass is 10.3. The molecular formula is C12H14O2. The van der Waals surface area contributed by atoms with Crippen LogP contribution in [0, 0.1) is 0 Å². The number of rotatable bonds is 5. The second-order valence-corrected chi connectivity index (χ2v) is 2.88. The summed E-state index contributed by atoms with van der Waals surface area (Å²) in [6, 6.07) is 9.32. The Balaban J connectivity index is 2.34. The van der Waals surface area contributed by atoms with Crippen LogP contribution in [-0.4, -0.2) is 12.4 Å². The molecule has 0 unspecified atom stereocenters. The number of hydrogen-bond donors (Lipinski definition) is 0. The summed E-state index contributed by atoms with van der Waals surface area (Å²) in [6.45, 7) is 2.10. The molecule has 0 bridgehead atoms. The molecule has 0 aromatic heterocycles. The normalized spacial score (nSPS) is 10.4. The van der Waals surface area contributed by atoms with Gasteiger partial charge in [0.1, 0.15) is 5.75 Å². The van der Waals surface area contributed by atoms with E-state index in [1.54, 1.807) is 6.08 Å². The van der Waals surface area contributed by atoms with Crippen molar-refractivity contribution in [3.8, 4) is 5.75 Å². The minimum absolute atomic E-state index is 0.00398. The Bertz CT molecular complexity index is 301. The van der Waals surface area contributed by atoms with Gasteiger partial charge in [0.05, 0.1) is 0 Å². The Morgan fingerprint density at radius 1 is 1.36 bits per heavy atom. The molecule has 0 aliphatic carbocycles. The van der Waals surface area contributed by atoms with Crippen molar-refractivity contribution in [2.45, 2.75) is 13.3 Å². The lowest BCUT2D eigenvalue weighted by molar-refractivity contribution is -0.116. The minimum atomic E-state index is -0.00398. The summed E-state index contributed by atoms with van der Waals surface area (Å²) in [6.07, 6.45) is 4.26. The summed E-state index contributed by atoms with van der Waals surface area (Å²) in [4.78, 5) is 11.2. The molecule has 1 rings (SSSR count). The van der Waals surface area contributed by atoms with E-state index in [0.29, 0.717) is 0 Å². The molecule has 0 fully saturated rings. The van der Waals surface area contributed by atoms with E-state index in [4.69, 9.17) is 4.74 Å². The first kappa shape index (κ1) is 10.5. The standard InChI is InChI=1S/C12H14O2/c1-2-3-7-11(13)10-14-12-8-5-4-6-9-12/h3-9H,2,10H2,1H3/b7-3+. The van der Waals surface area contributed by atoms with Crippen LogP contribution >= 0.6 is 0 Å². The van der Waals surface area contributed by atoms with Crippen LogP contribution in [0.4, 0.5) is 0 Å². The molecule has 0 radical (unpaired) electrons. The van der Waals surface area contributed by atoms with Crippen molar-refractivity contribution in [3.63, 3.8) is 0 Å². The zero-order chi connectivity index (χ0) is 10.2.